The Bertz CT molecular complexity index is 687. The first-order chi connectivity index (χ1) is 11.2. The molecule has 120 valence electrons. The van der Waals surface area contributed by atoms with Crippen LogP contribution in [0, 0.1) is 0 Å². The number of hydrogen-bond acceptors (Lipinski definition) is 3. The zero-order valence-electron chi connectivity index (χ0n) is 12.8. The van der Waals surface area contributed by atoms with Crippen LogP contribution < -0.4 is 16.0 Å². The number of benzene rings is 2. The first-order valence-corrected chi connectivity index (χ1v) is 8.56. The minimum Gasteiger partial charge on any atom is -0.368 e. The van der Waals surface area contributed by atoms with Crippen molar-refractivity contribution in [2.24, 2.45) is 5.73 Å². The smallest absolute Gasteiger partial charge is 0.251 e. The van der Waals surface area contributed by atoms with Crippen LogP contribution in [0.3, 0.4) is 0 Å². The Hall–Kier alpha value is -1.85. The van der Waals surface area contributed by atoms with E-state index in [1.807, 2.05) is 42.5 Å². The molecule has 4 nitrogen and oxygen atoms in total. The molecule has 0 aliphatic carbocycles. The molecule has 3 rings (SSSR count). The van der Waals surface area contributed by atoms with Gasteiger partial charge in [0.05, 0.1) is 5.69 Å². The highest BCUT2D eigenvalue weighted by molar-refractivity contribution is 9.10. The molecule has 0 radical (unpaired) electrons. The average Bonchev–Trinajstić information content (AvgIpc) is 3.03. The van der Waals surface area contributed by atoms with Gasteiger partial charge in [-0.15, -0.1) is 0 Å². The normalized spacial score (nSPS) is 17.3. The molecule has 0 spiro atoms. The van der Waals surface area contributed by atoms with Crippen molar-refractivity contribution in [2.75, 3.05) is 18.0 Å². The zero-order valence-corrected chi connectivity index (χ0v) is 14.4. The Kier molecular flexibility index (Phi) is 4.98. The van der Waals surface area contributed by atoms with Crippen LogP contribution in [-0.4, -0.2) is 25.0 Å². The standard InChI is InChI=1S/C18H20BrN3O/c19-16-3-1-2-4-17(16)22-10-9-15(12-22)21-18(23)14-7-5-13(11-20)6-8-14/h1-8,15H,9-12,20H2,(H,21,23). The Balaban J connectivity index is 1.61. The summed E-state index contributed by atoms with van der Waals surface area (Å²) in [7, 11) is 0. The molecular weight excluding hydrogens is 354 g/mol. The number of rotatable bonds is 4. The van der Waals surface area contributed by atoms with E-state index in [1.165, 1.54) is 5.69 Å². The lowest BCUT2D eigenvalue weighted by Crippen LogP contribution is -2.37. The van der Waals surface area contributed by atoms with Gasteiger partial charge in [-0.05, 0) is 52.2 Å². The van der Waals surface area contributed by atoms with Crippen LogP contribution in [0.15, 0.2) is 53.0 Å². The summed E-state index contributed by atoms with van der Waals surface area (Å²) in [6, 6.07) is 15.8. The molecule has 2 aromatic rings. The van der Waals surface area contributed by atoms with E-state index in [4.69, 9.17) is 5.73 Å². The van der Waals surface area contributed by atoms with Crippen molar-refractivity contribution in [3.05, 3.63) is 64.1 Å². The second kappa shape index (κ2) is 7.15. The maximum absolute atomic E-state index is 12.3. The molecule has 1 unspecified atom stereocenters. The fourth-order valence-electron chi connectivity index (χ4n) is 2.87. The minimum absolute atomic E-state index is 0.0208. The summed E-state index contributed by atoms with van der Waals surface area (Å²) in [4.78, 5) is 14.6. The van der Waals surface area contributed by atoms with Crippen molar-refractivity contribution < 1.29 is 4.79 Å². The summed E-state index contributed by atoms with van der Waals surface area (Å²) in [5.74, 6) is -0.0208. The van der Waals surface area contributed by atoms with Gasteiger partial charge < -0.3 is 16.0 Å². The summed E-state index contributed by atoms with van der Waals surface area (Å²) in [6.45, 7) is 2.26. The maximum atomic E-state index is 12.3. The van der Waals surface area contributed by atoms with Crippen LogP contribution in [0.2, 0.25) is 0 Å². The predicted molar refractivity (Wildman–Crippen MR) is 96.6 cm³/mol. The van der Waals surface area contributed by atoms with Crippen molar-refractivity contribution >= 4 is 27.5 Å². The van der Waals surface area contributed by atoms with Gasteiger partial charge >= 0.3 is 0 Å². The lowest BCUT2D eigenvalue weighted by Gasteiger charge is -2.20. The highest BCUT2D eigenvalue weighted by atomic mass is 79.9. The van der Waals surface area contributed by atoms with E-state index < -0.39 is 0 Å². The maximum Gasteiger partial charge on any atom is 0.251 e. The molecule has 1 heterocycles. The van der Waals surface area contributed by atoms with Gasteiger partial charge in [-0.3, -0.25) is 4.79 Å². The first kappa shape index (κ1) is 16.0. The number of nitrogens with one attached hydrogen (secondary N) is 1. The molecule has 1 aliphatic rings. The lowest BCUT2D eigenvalue weighted by atomic mass is 10.1. The predicted octanol–water partition coefficient (Wildman–Crippen LogP) is 2.92. The first-order valence-electron chi connectivity index (χ1n) is 7.76. The molecule has 1 amide bonds. The topological polar surface area (TPSA) is 58.4 Å². The van der Waals surface area contributed by atoms with E-state index in [9.17, 15) is 4.79 Å². The Morgan fingerprint density at radius 1 is 1.22 bits per heavy atom. The van der Waals surface area contributed by atoms with Gasteiger partial charge in [0.15, 0.2) is 0 Å². The molecule has 5 heteroatoms. The van der Waals surface area contributed by atoms with E-state index in [-0.39, 0.29) is 11.9 Å². The third kappa shape index (κ3) is 3.74. The van der Waals surface area contributed by atoms with E-state index in [2.05, 4.69) is 32.2 Å². The average molecular weight is 374 g/mol. The zero-order chi connectivity index (χ0) is 16.2. The van der Waals surface area contributed by atoms with Crippen LogP contribution in [-0.2, 0) is 6.54 Å². The Morgan fingerprint density at radius 2 is 1.96 bits per heavy atom. The molecule has 0 aromatic heterocycles. The fourth-order valence-corrected chi connectivity index (χ4v) is 3.40. The number of nitrogens with two attached hydrogens (primary N) is 1. The summed E-state index contributed by atoms with van der Waals surface area (Å²) >= 11 is 3.59. The lowest BCUT2D eigenvalue weighted by molar-refractivity contribution is 0.0940. The molecule has 2 aromatic carbocycles. The molecule has 3 N–H and O–H groups in total. The van der Waals surface area contributed by atoms with Crippen LogP contribution in [0.25, 0.3) is 0 Å². The third-order valence-corrected chi connectivity index (χ3v) is 4.84. The SMILES string of the molecule is NCc1ccc(C(=O)NC2CCN(c3ccccc3Br)C2)cc1. The van der Waals surface area contributed by atoms with E-state index in [1.54, 1.807) is 0 Å². The summed E-state index contributed by atoms with van der Waals surface area (Å²) in [5.41, 5.74) is 8.47. The van der Waals surface area contributed by atoms with Gasteiger partial charge in [-0.2, -0.15) is 0 Å². The molecule has 1 fully saturated rings. The van der Waals surface area contributed by atoms with E-state index in [0.29, 0.717) is 12.1 Å². The highest BCUT2D eigenvalue weighted by Gasteiger charge is 2.25. The van der Waals surface area contributed by atoms with Crippen LogP contribution in [0.4, 0.5) is 5.69 Å². The highest BCUT2D eigenvalue weighted by Crippen LogP contribution is 2.28. The van der Waals surface area contributed by atoms with Crippen molar-refractivity contribution in [1.82, 2.24) is 5.32 Å². The van der Waals surface area contributed by atoms with Gasteiger partial charge in [0.2, 0.25) is 0 Å². The summed E-state index contributed by atoms with van der Waals surface area (Å²) in [5, 5.41) is 3.12. The molecule has 1 atom stereocenters. The monoisotopic (exact) mass is 373 g/mol. The molecule has 1 aliphatic heterocycles. The van der Waals surface area contributed by atoms with Crippen molar-refractivity contribution in [3.8, 4) is 0 Å². The molecule has 23 heavy (non-hydrogen) atoms. The van der Waals surface area contributed by atoms with Crippen LogP contribution in [0.5, 0.6) is 0 Å². The number of hydrogen-bond donors (Lipinski definition) is 2. The molecule has 0 saturated carbocycles. The quantitative estimate of drug-likeness (QED) is 0.865. The number of carbonyl (C=O) groups is 1. The number of amides is 1. The van der Waals surface area contributed by atoms with Crippen LogP contribution in [0.1, 0.15) is 22.3 Å². The Morgan fingerprint density at radius 3 is 2.65 bits per heavy atom. The molecular formula is C18H20BrN3O. The van der Waals surface area contributed by atoms with Gasteiger partial charge in [-0.1, -0.05) is 24.3 Å². The molecule has 0 bridgehead atoms. The van der Waals surface area contributed by atoms with Gasteiger partial charge in [0.25, 0.3) is 5.91 Å². The van der Waals surface area contributed by atoms with Gasteiger partial charge in [0, 0.05) is 35.7 Å². The molecule has 1 saturated heterocycles. The van der Waals surface area contributed by atoms with Crippen LogP contribution >= 0.6 is 15.9 Å². The van der Waals surface area contributed by atoms with Gasteiger partial charge in [0.1, 0.15) is 0 Å². The number of halogens is 1. The second-order valence-corrected chi connectivity index (χ2v) is 6.61. The number of carbonyl (C=O) groups excluding carboxylic acids is 1. The number of para-hydroxylation sites is 1. The summed E-state index contributed by atoms with van der Waals surface area (Å²) in [6.07, 6.45) is 0.952. The van der Waals surface area contributed by atoms with Crippen molar-refractivity contribution in [1.29, 1.82) is 0 Å². The Labute approximate surface area is 144 Å². The minimum atomic E-state index is -0.0208. The largest absolute Gasteiger partial charge is 0.368 e. The van der Waals surface area contributed by atoms with Crippen molar-refractivity contribution in [2.45, 2.75) is 19.0 Å². The second-order valence-electron chi connectivity index (χ2n) is 5.76. The summed E-state index contributed by atoms with van der Waals surface area (Å²) < 4.78 is 1.09. The number of nitrogens with zero attached hydrogens (tertiary/aromatic N) is 1. The van der Waals surface area contributed by atoms with Crippen molar-refractivity contribution in [3.63, 3.8) is 0 Å². The van der Waals surface area contributed by atoms with Gasteiger partial charge in [-0.25, -0.2) is 0 Å². The third-order valence-electron chi connectivity index (χ3n) is 4.17. The fraction of sp³-hybridized carbons (Fsp3) is 0.278. The van der Waals surface area contributed by atoms with E-state index >= 15 is 0 Å². The number of anilines is 1. The van der Waals surface area contributed by atoms with E-state index in [0.717, 1.165) is 29.5 Å².